The first-order chi connectivity index (χ1) is 9.25. The van der Waals surface area contributed by atoms with Gasteiger partial charge in [0.05, 0.1) is 16.9 Å². The van der Waals surface area contributed by atoms with Crippen molar-refractivity contribution in [3.63, 3.8) is 0 Å². The summed E-state index contributed by atoms with van der Waals surface area (Å²) in [5.41, 5.74) is 1.24. The standard InChI is InChI=1S/C13H10ClN3O2/c14-11-3-1-2-4-12(11)17-13(18)19-16-9-10-5-7-15-8-6-10/h1-9H,(H,17,18)/b16-9-. The van der Waals surface area contributed by atoms with E-state index in [9.17, 15) is 4.79 Å². The number of amides is 1. The largest absolute Gasteiger partial charge is 0.437 e. The number of hydrogen-bond acceptors (Lipinski definition) is 4. The van der Waals surface area contributed by atoms with Crippen LogP contribution in [0.4, 0.5) is 10.5 Å². The Morgan fingerprint density at radius 2 is 2.00 bits per heavy atom. The van der Waals surface area contributed by atoms with Gasteiger partial charge in [-0.25, -0.2) is 4.79 Å². The van der Waals surface area contributed by atoms with E-state index < -0.39 is 6.09 Å². The number of pyridine rings is 1. The Balaban J connectivity index is 1.89. The normalized spacial score (nSPS) is 10.4. The molecule has 96 valence electrons. The van der Waals surface area contributed by atoms with Gasteiger partial charge in [-0.15, -0.1) is 0 Å². The van der Waals surface area contributed by atoms with Gasteiger partial charge in [0.2, 0.25) is 0 Å². The number of carbonyl (C=O) groups is 1. The van der Waals surface area contributed by atoms with Crippen LogP contribution in [0.15, 0.2) is 53.9 Å². The number of anilines is 1. The van der Waals surface area contributed by atoms with E-state index in [0.717, 1.165) is 5.56 Å². The number of nitrogens with zero attached hydrogens (tertiary/aromatic N) is 2. The number of para-hydroxylation sites is 1. The van der Waals surface area contributed by atoms with Crippen molar-refractivity contribution in [1.82, 2.24) is 4.98 Å². The summed E-state index contributed by atoms with van der Waals surface area (Å²) < 4.78 is 0. The molecule has 0 fully saturated rings. The van der Waals surface area contributed by atoms with E-state index in [1.165, 1.54) is 6.21 Å². The van der Waals surface area contributed by atoms with Crippen molar-refractivity contribution in [3.05, 3.63) is 59.4 Å². The molecular formula is C13H10ClN3O2. The smallest absolute Gasteiger partial charge is 0.298 e. The van der Waals surface area contributed by atoms with Gasteiger partial charge in [-0.2, -0.15) is 0 Å². The summed E-state index contributed by atoms with van der Waals surface area (Å²) in [5, 5.41) is 6.47. The van der Waals surface area contributed by atoms with Crippen LogP contribution >= 0.6 is 11.6 Å². The van der Waals surface area contributed by atoms with E-state index in [-0.39, 0.29) is 0 Å². The lowest BCUT2D eigenvalue weighted by Gasteiger charge is -2.03. The van der Waals surface area contributed by atoms with E-state index in [0.29, 0.717) is 10.7 Å². The highest BCUT2D eigenvalue weighted by Gasteiger charge is 2.05. The third-order valence-electron chi connectivity index (χ3n) is 2.15. The maximum absolute atomic E-state index is 11.4. The molecule has 1 amide bonds. The quantitative estimate of drug-likeness (QED) is 0.531. The SMILES string of the molecule is O=C(Nc1ccccc1Cl)O/N=C\c1ccncc1. The lowest BCUT2D eigenvalue weighted by molar-refractivity contribution is 0.167. The highest BCUT2D eigenvalue weighted by molar-refractivity contribution is 6.33. The Hall–Kier alpha value is -2.40. The fourth-order valence-electron chi connectivity index (χ4n) is 1.28. The number of halogens is 1. The van der Waals surface area contributed by atoms with Crippen molar-refractivity contribution in [1.29, 1.82) is 0 Å². The van der Waals surface area contributed by atoms with Gasteiger partial charge in [0.15, 0.2) is 0 Å². The number of aromatic nitrogens is 1. The Morgan fingerprint density at radius 3 is 2.74 bits per heavy atom. The Labute approximate surface area is 114 Å². The van der Waals surface area contributed by atoms with Crippen molar-refractivity contribution in [2.45, 2.75) is 0 Å². The molecule has 0 saturated heterocycles. The number of oxime groups is 1. The zero-order chi connectivity index (χ0) is 13.5. The molecule has 0 atom stereocenters. The summed E-state index contributed by atoms with van der Waals surface area (Å²) in [6, 6.07) is 10.3. The van der Waals surface area contributed by atoms with Crippen molar-refractivity contribution in [2.75, 3.05) is 5.32 Å². The molecule has 2 aromatic rings. The Kier molecular flexibility index (Phi) is 4.47. The van der Waals surface area contributed by atoms with Crippen LogP contribution in [0.25, 0.3) is 0 Å². The number of hydrogen-bond donors (Lipinski definition) is 1. The van der Waals surface area contributed by atoms with E-state index >= 15 is 0 Å². The van der Waals surface area contributed by atoms with E-state index in [2.05, 4.69) is 20.3 Å². The fraction of sp³-hybridized carbons (Fsp3) is 0. The molecule has 1 N–H and O–H groups in total. The number of carbonyl (C=O) groups excluding carboxylic acids is 1. The van der Waals surface area contributed by atoms with Crippen molar-refractivity contribution < 1.29 is 9.63 Å². The number of benzene rings is 1. The summed E-state index contributed by atoms with van der Waals surface area (Å²) >= 11 is 5.88. The van der Waals surface area contributed by atoms with Gasteiger partial charge in [0.25, 0.3) is 0 Å². The first kappa shape index (κ1) is 13.0. The van der Waals surface area contributed by atoms with Gasteiger partial charge in [-0.05, 0) is 29.8 Å². The molecule has 0 bridgehead atoms. The van der Waals surface area contributed by atoms with Crippen LogP contribution in [-0.2, 0) is 4.84 Å². The predicted octanol–water partition coefficient (Wildman–Crippen LogP) is 3.32. The maximum Gasteiger partial charge on any atom is 0.437 e. The maximum atomic E-state index is 11.4. The zero-order valence-electron chi connectivity index (χ0n) is 9.79. The molecule has 6 heteroatoms. The molecule has 19 heavy (non-hydrogen) atoms. The first-order valence-corrected chi connectivity index (χ1v) is 5.79. The zero-order valence-corrected chi connectivity index (χ0v) is 10.5. The first-order valence-electron chi connectivity index (χ1n) is 5.41. The minimum absolute atomic E-state index is 0.428. The van der Waals surface area contributed by atoms with Crippen LogP contribution in [0.5, 0.6) is 0 Å². The third kappa shape index (κ3) is 4.08. The molecule has 0 spiro atoms. The lowest BCUT2D eigenvalue weighted by atomic mass is 10.3. The molecule has 1 aromatic heterocycles. The minimum atomic E-state index is -0.710. The fourth-order valence-corrected chi connectivity index (χ4v) is 1.46. The van der Waals surface area contributed by atoms with Crippen LogP contribution in [0.1, 0.15) is 5.56 Å². The molecule has 5 nitrogen and oxygen atoms in total. The lowest BCUT2D eigenvalue weighted by Crippen LogP contribution is -2.11. The molecular weight excluding hydrogens is 266 g/mol. The second kappa shape index (κ2) is 6.51. The highest BCUT2D eigenvalue weighted by Crippen LogP contribution is 2.20. The van der Waals surface area contributed by atoms with Gasteiger partial charge in [0.1, 0.15) is 0 Å². The number of rotatable bonds is 3. The van der Waals surface area contributed by atoms with Gasteiger partial charge >= 0.3 is 6.09 Å². The van der Waals surface area contributed by atoms with Gasteiger partial charge in [-0.1, -0.05) is 28.9 Å². The monoisotopic (exact) mass is 275 g/mol. The van der Waals surface area contributed by atoms with Gasteiger partial charge < -0.3 is 0 Å². The predicted molar refractivity (Wildman–Crippen MR) is 73.4 cm³/mol. The van der Waals surface area contributed by atoms with E-state index in [4.69, 9.17) is 11.6 Å². The third-order valence-corrected chi connectivity index (χ3v) is 2.48. The second-order valence-corrected chi connectivity index (χ2v) is 3.91. The topological polar surface area (TPSA) is 63.6 Å². The Morgan fingerprint density at radius 1 is 1.26 bits per heavy atom. The summed E-state index contributed by atoms with van der Waals surface area (Å²) in [5.74, 6) is 0. The van der Waals surface area contributed by atoms with Crippen molar-refractivity contribution in [2.24, 2.45) is 5.16 Å². The van der Waals surface area contributed by atoms with Gasteiger partial charge in [-0.3, -0.25) is 15.1 Å². The second-order valence-electron chi connectivity index (χ2n) is 3.50. The van der Waals surface area contributed by atoms with Crippen molar-refractivity contribution in [3.8, 4) is 0 Å². The Bertz CT molecular complexity index is 587. The highest BCUT2D eigenvalue weighted by atomic mass is 35.5. The molecule has 2 rings (SSSR count). The molecule has 1 heterocycles. The van der Waals surface area contributed by atoms with Crippen molar-refractivity contribution >= 4 is 29.6 Å². The van der Waals surface area contributed by atoms with Crippen LogP contribution in [-0.4, -0.2) is 17.3 Å². The van der Waals surface area contributed by atoms with E-state index in [1.54, 1.807) is 48.8 Å². The molecule has 0 unspecified atom stereocenters. The average Bonchev–Trinajstić information content (AvgIpc) is 2.43. The van der Waals surface area contributed by atoms with Crippen LogP contribution in [0, 0.1) is 0 Å². The molecule has 0 radical (unpaired) electrons. The molecule has 0 aliphatic heterocycles. The van der Waals surface area contributed by atoms with Crippen LogP contribution in [0.3, 0.4) is 0 Å². The number of nitrogens with one attached hydrogen (secondary N) is 1. The minimum Gasteiger partial charge on any atom is -0.298 e. The summed E-state index contributed by atoms with van der Waals surface area (Å²) in [7, 11) is 0. The summed E-state index contributed by atoms with van der Waals surface area (Å²) in [4.78, 5) is 19.9. The van der Waals surface area contributed by atoms with Crippen LogP contribution < -0.4 is 5.32 Å². The molecule has 0 aliphatic carbocycles. The molecule has 0 aliphatic rings. The van der Waals surface area contributed by atoms with E-state index in [1.807, 2.05) is 0 Å². The van der Waals surface area contributed by atoms with Gasteiger partial charge in [0, 0.05) is 12.4 Å². The molecule has 0 saturated carbocycles. The molecule has 1 aromatic carbocycles. The average molecular weight is 276 g/mol. The van der Waals surface area contributed by atoms with Crippen LogP contribution in [0.2, 0.25) is 5.02 Å². The summed E-state index contributed by atoms with van der Waals surface area (Å²) in [6.07, 6.45) is 3.93. The summed E-state index contributed by atoms with van der Waals surface area (Å²) in [6.45, 7) is 0.